The minimum atomic E-state index is 0.159. The smallest absolute Gasteiger partial charge is 0.116 e. The van der Waals surface area contributed by atoms with Crippen molar-refractivity contribution in [3.63, 3.8) is 0 Å². The van der Waals surface area contributed by atoms with Crippen LogP contribution in [0, 0.1) is 18.3 Å². The molecule has 0 saturated heterocycles. The summed E-state index contributed by atoms with van der Waals surface area (Å²) >= 11 is 2.20. The van der Waals surface area contributed by atoms with Gasteiger partial charge in [0.1, 0.15) is 4.05 Å². The summed E-state index contributed by atoms with van der Waals surface area (Å²) in [6, 6.07) is 2.11. The van der Waals surface area contributed by atoms with Crippen LogP contribution in [-0.4, -0.2) is 9.78 Å². The Kier molecular flexibility index (Phi) is 2.88. The maximum absolute atomic E-state index is 8.41. The highest BCUT2D eigenvalue weighted by molar-refractivity contribution is 14.1. The molecule has 4 heteroatoms. The zero-order valence-corrected chi connectivity index (χ0v) is 8.32. The molecule has 1 aromatic rings. The molecule has 1 aromatic heterocycles. The number of aromatic nitrogens is 2. The van der Waals surface area contributed by atoms with E-state index in [1.807, 2.05) is 13.1 Å². The molecular formula is C7H8IN3. The first-order valence-corrected chi connectivity index (χ1v) is 4.50. The highest BCUT2D eigenvalue weighted by Gasteiger charge is 2.05. The van der Waals surface area contributed by atoms with Crippen LogP contribution in [0.25, 0.3) is 0 Å². The van der Waals surface area contributed by atoms with Crippen LogP contribution in [0.2, 0.25) is 0 Å². The van der Waals surface area contributed by atoms with Crippen LogP contribution in [-0.2, 0) is 0 Å². The van der Waals surface area contributed by atoms with Gasteiger partial charge >= 0.3 is 0 Å². The standard InChI is InChI=1S/C7H8IN3/c1-6-4-10-11(5-6)7(8)2-3-9/h4-5,7H,2H2,1H3. The molecule has 1 atom stereocenters. The van der Waals surface area contributed by atoms with E-state index in [0.29, 0.717) is 6.42 Å². The van der Waals surface area contributed by atoms with Gasteiger partial charge in [0.15, 0.2) is 0 Å². The van der Waals surface area contributed by atoms with Crippen molar-refractivity contribution in [1.29, 1.82) is 5.26 Å². The zero-order valence-electron chi connectivity index (χ0n) is 6.16. The molecule has 0 aromatic carbocycles. The third kappa shape index (κ3) is 2.19. The summed E-state index contributed by atoms with van der Waals surface area (Å²) in [5, 5.41) is 12.5. The van der Waals surface area contributed by atoms with Gasteiger partial charge in [-0.2, -0.15) is 10.4 Å². The molecule has 0 aliphatic heterocycles. The van der Waals surface area contributed by atoms with Gasteiger partial charge in [0.05, 0.1) is 18.7 Å². The van der Waals surface area contributed by atoms with Gasteiger partial charge in [-0.15, -0.1) is 0 Å². The Bertz CT molecular complexity index is 273. The van der Waals surface area contributed by atoms with Crippen molar-refractivity contribution in [2.24, 2.45) is 0 Å². The Labute approximate surface area is 79.2 Å². The third-order valence-electron chi connectivity index (χ3n) is 1.28. The van der Waals surface area contributed by atoms with E-state index in [1.54, 1.807) is 10.9 Å². The van der Waals surface area contributed by atoms with Gasteiger partial charge in [0.25, 0.3) is 0 Å². The predicted molar refractivity (Wildman–Crippen MR) is 50.3 cm³/mol. The second kappa shape index (κ2) is 3.72. The fourth-order valence-electron chi connectivity index (χ4n) is 0.755. The molecule has 58 valence electrons. The van der Waals surface area contributed by atoms with Crippen molar-refractivity contribution in [2.45, 2.75) is 17.4 Å². The zero-order chi connectivity index (χ0) is 8.27. The van der Waals surface area contributed by atoms with Crippen LogP contribution in [0.15, 0.2) is 12.4 Å². The fraction of sp³-hybridized carbons (Fsp3) is 0.429. The van der Waals surface area contributed by atoms with Crippen molar-refractivity contribution < 1.29 is 0 Å². The maximum Gasteiger partial charge on any atom is 0.116 e. The van der Waals surface area contributed by atoms with Crippen LogP contribution in [0.3, 0.4) is 0 Å². The van der Waals surface area contributed by atoms with Crippen LogP contribution < -0.4 is 0 Å². The Balaban J connectivity index is 2.70. The number of aryl methyl sites for hydroxylation is 1. The summed E-state index contributed by atoms with van der Waals surface area (Å²) in [5.74, 6) is 0. The quantitative estimate of drug-likeness (QED) is 0.603. The number of rotatable bonds is 2. The number of halogens is 1. The first kappa shape index (κ1) is 8.53. The highest BCUT2D eigenvalue weighted by atomic mass is 127. The fourth-order valence-corrected chi connectivity index (χ4v) is 1.26. The minimum absolute atomic E-state index is 0.159. The van der Waals surface area contributed by atoms with Crippen LogP contribution in [0.4, 0.5) is 0 Å². The van der Waals surface area contributed by atoms with Gasteiger partial charge in [0.2, 0.25) is 0 Å². The average Bonchev–Trinajstić information content (AvgIpc) is 2.36. The number of hydrogen-bond donors (Lipinski definition) is 0. The van der Waals surface area contributed by atoms with E-state index in [0.717, 1.165) is 5.56 Å². The van der Waals surface area contributed by atoms with Crippen LogP contribution in [0.1, 0.15) is 16.0 Å². The summed E-state index contributed by atoms with van der Waals surface area (Å²) < 4.78 is 1.96. The van der Waals surface area contributed by atoms with Crippen molar-refractivity contribution in [3.05, 3.63) is 18.0 Å². The van der Waals surface area contributed by atoms with Crippen molar-refractivity contribution in [1.82, 2.24) is 9.78 Å². The summed E-state index contributed by atoms with van der Waals surface area (Å²) in [7, 11) is 0. The normalized spacial score (nSPS) is 12.5. The maximum atomic E-state index is 8.41. The monoisotopic (exact) mass is 261 g/mol. The van der Waals surface area contributed by atoms with Crippen molar-refractivity contribution in [2.75, 3.05) is 0 Å². The summed E-state index contributed by atoms with van der Waals surface area (Å²) in [5.41, 5.74) is 1.13. The number of alkyl halides is 1. The van der Waals surface area contributed by atoms with E-state index in [-0.39, 0.29) is 4.05 Å². The lowest BCUT2D eigenvalue weighted by Crippen LogP contribution is -2.00. The lowest BCUT2D eigenvalue weighted by atomic mass is 10.4. The number of nitrogens with zero attached hydrogens (tertiary/aromatic N) is 3. The molecule has 3 nitrogen and oxygen atoms in total. The first-order valence-electron chi connectivity index (χ1n) is 3.26. The summed E-state index contributed by atoms with van der Waals surface area (Å²) in [6.45, 7) is 1.99. The summed E-state index contributed by atoms with van der Waals surface area (Å²) in [4.78, 5) is 0. The molecule has 0 aliphatic rings. The first-order chi connectivity index (χ1) is 5.24. The van der Waals surface area contributed by atoms with E-state index < -0.39 is 0 Å². The van der Waals surface area contributed by atoms with Gasteiger partial charge in [-0.1, -0.05) is 22.6 Å². The predicted octanol–water partition coefficient (Wildman–Crippen LogP) is 2.04. The molecule has 1 rings (SSSR count). The van der Waals surface area contributed by atoms with Gasteiger partial charge in [-0.05, 0) is 12.5 Å². The summed E-state index contributed by atoms with van der Waals surface area (Å²) in [6.07, 6.45) is 4.24. The lowest BCUT2D eigenvalue weighted by Gasteiger charge is -2.03. The lowest BCUT2D eigenvalue weighted by molar-refractivity contribution is 0.632. The molecule has 0 fully saturated rings. The van der Waals surface area contributed by atoms with E-state index in [4.69, 9.17) is 5.26 Å². The van der Waals surface area contributed by atoms with Gasteiger partial charge in [0, 0.05) is 6.20 Å². The van der Waals surface area contributed by atoms with Gasteiger partial charge < -0.3 is 0 Å². The van der Waals surface area contributed by atoms with Crippen LogP contribution in [0.5, 0.6) is 0 Å². The molecule has 1 unspecified atom stereocenters. The topological polar surface area (TPSA) is 41.6 Å². The Morgan fingerprint density at radius 1 is 1.91 bits per heavy atom. The Morgan fingerprint density at radius 3 is 3.09 bits per heavy atom. The SMILES string of the molecule is Cc1cnn(C(I)CC#N)c1. The van der Waals surface area contributed by atoms with E-state index >= 15 is 0 Å². The van der Waals surface area contributed by atoms with E-state index in [1.165, 1.54) is 0 Å². The molecule has 0 amide bonds. The Hall–Kier alpha value is -0.570. The number of hydrogen-bond acceptors (Lipinski definition) is 2. The third-order valence-corrected chi connectivity index (χ3v) is 2.29. The second-order valence-corrected chi connectivity index (χ2v) is 3.73. The molecule has 11 heavy (non-hydrogen) atoms. The molecule has 0 N–H and O–H groups in total. The molecule has 0 spiro atoms. The highest BCUT2D eigenvalue weighted by Crippen LogP contribution is 2.18. The Morgan fingerprint density at radius 2 is 2.64 bits per heavy atom. The van der Waals surface area contributed by atoms with Crippen LogP contribution >= 0.6 is 22.6 Å². The van der Waals surface area contributed by atoms with Crippen molar-refractivity contribution in [3.8, 4) is 6.07 Å². The molecule has 0 saturated carbocycles. The molecule has 1 heterocycles. The van der Waals surface area contributed by atoms with E-state index in [2.05, 4.69) is 33.8 Å². The molecule has 0 bridgehead atoms. The van der Waals surface area contributed by atoms with Crippen molar-refractivity contribution >= 4 is 22.6 Å². The van der Waals surface area contributed by atoms with E-state index in [9.17, 15) is 0 Å². The largest absolute Gasteiger partial charge is 0.259 e. The second-order valence-electron chi connectivity index (χ2n) is 2.29. The molecular weight excluding hydrogens is 253 g/mol. The minimum Gasteiger partial charge on any atom is -0.259 e. The van der Waals surface area contributed by atoms with Gasteiger partial charge in [-0.25, -0.2) is 0 Å². The number of nitriles is 1. The average molecular weight is 261 g/mol. The molecule has 0 aliphatic carbocycles. The molecule has 0 radical (unpaired) electrons. The van der Waals surface area contributed by atoms with Gasteiger partial charge in [-0.3, -0.25) is 4.68 Å².